The van der Waals surface area contributed by atoms with E-state index in [1.165, 1.54) is 21.8 Å². The molecule has 2 heterocycles. The van der Waals surface area contributed by atoms with E-state index < -0.39 is 0 Å². The Morgan fingerprint density at radius 1 is 0.351 bits per heavy atom. The van der Waals surface area contributed by atoms with Gasteiger partial charge < -0.3 is 13.9 Å². The predicted octanol–water partition coefficient (Wildman–Crippen LogP) is 15.2. The van der Waals surface area contributed by atoms with Crippen LogP contribution in [0.4, 0.5) is 17.1 Å². The van der Waals surface area contributed by atoms with E-state index in [1.54, 1.807) is 0 Å². The fraction of sp³-hybridized carbons (Fsp3) is 0. The molecular weight excluding hydrogens is 693 g/mol. The van der Waals surface area contributed by atoms with E-state index in [9.17, 15) is 0 Å². The number of para-hydroxylation sites is 7. The molecule has 0 atom stereocenters. The fourth-order valence-corrected chi connectivity index (χ4v) is 8.70. The van der Waals surface area contributed by atoms with Gasteiger partial charge in [0.1, 0.15) is 11.2 Å². The molecular formula is C54H36N2O. The first-order valence-electron chi connectivity index (χ1n) is 19.4. The number of anilines is 3. The average Bonchev–Trinajstić information content (AvgIpc) is 3.83. The lowest BCUT2D eigenvalue weighted by Crippen LogP contribution is -2.12. The summed E-state index contributed by atoms with van der Waals surface area (Å²) < 4.78 is 9.06. The average molecular weight is 729 g/mol. The summed E-state index contributed by atoms with van der Waals surface area (Å²) in [7, 11) is 0. The normalized spacial score (nSPS) is 11.5. The molecule has 0 bridgehead atoms. The number of hydrogen-bond donors (Lipinski definition) is 0. The zero-order valence-electron chi connectivity index (χ0n) is 31.1. The van der Waals surface area contributed by atoms with Crippen LogP contribution in [0.25, 0.3) is 82.8 Å². The molecule has 0 radical (unpaired) electrons. The molecule has 0 fully saturated rings. The Labute approximate surface area is 330 Å². The van der Waals surface area contributed by atoms with Gasteiger partial charge in [-0.2, -0.15) is 0 Å². The topological polar surface area (TPSA) is 21.3 Å². The molecule has 0 saturated heterocycles. The second-order valence-corrected chi connectivity index (χ2v) is 14.5. The summed E-state index contributed by atoms with van der Waals surface area (Å²) in [6, 6.07) is 78.1. The number of nitrogens with zero attached hydrogens (tertiary/aromatic N) is 2. The lowest BCUT2D eigenvalue weighted by atomic mass is 9.97. The maximum Gasteiger partial charge on any atom is 0.143 e. The summed E-state index contributed by atoms with van der Waals surface area (Å²) in [5, 5.41) is 4.72. The molecule has 0 aliphatic carbocycles. The van der Waals surface area contributed by atoms with Crippen LogP contribution < -0.4 is 4.90 Å². The zero-order valence-corrected chi connectivity index (χ0v) is 31.1. The van der Waals surface area contributed by atoms with Crippen molar-refractivity contribution in [1.82, 2.24) is 4.57 Å². The summed E-state index contributed by atoms with van der Waals surface area (Å²) in [6.45, 7) is 0. The minimum Gasteiger partial charge on any atom is -0.455 e. The molecule has 3 nitrogen and oxygen atoms in total. The number of furan rings is 1. The highest BCUT2D eigenvalue weighted by Crippen LogP contribution is 2.47. The highest BCUT2D eigenvalue weighted by molar-refractivity contribution is 6.12. The van der Waals surface area contributed by atoms with E-state index in [2.05, 4.69) is 222 Å². The molecule has 0 unspecified atom stereocenters. The van der Waals surface area contributed by atoms with Gasteiger partial charge in [-0.1, -0.05) is 170 Å². The summed E-state index contributed by atoms with van der Waals surface area (Å²) in [6.07, 6.45) is 0. The number of fused-ring (bicyclic) bond motifs is 6. The van der Waals surface area contributed by atoms with E-state index in [0.29, 0.717) is 0 Å². The highest BCUT2D eigenvalue weighted by Gasteiger charge is 2.23. The minimum absolute atomic E-state index is 0.885. The van der Waals surface area contributed by atoms with E-state index in [0.717, 1.165) is 78.1 Å². The van der Waals surface area contributed by atoms with E-state index in [4.69, 9.17) is 4.42 Å². The van der Waals surface area contributed by atoms with E-state index in [-0.39, 0.29) is 0 Å². The quantitative estimate of drug-likeness (QED) is 0.163. The summed E-state index contributed by atoms with van der Waals surface area (Å²) >= 11 is 0. The number of aromatic nitrogens is 1. The van der Waals surface area contributed by atoms with Crippen molar-refractivity contribution in [3.05, 3.63) is 218 Å². The predicted molar refractivity (Wildman–Crippen MR) is 239 cm³/mol. The molecule has 9 aromatic carbocycles. The summed E-state index contributed by atoms with van der Waals surface area (Å²) in [5.74, 6) is 0. The molecule has 3 heteroatoms. The Hall–Kier alpha value is -7.62. The minimum atomic E-state index is 0.885. The van der Waals surface area contributed by atoms with Gasteiger partial charge in [0.05, 0.1) is 28.1 Å². The maximum atomic E-state index is 6.64. The summed E-state index contributed by atoms with van der Waals surface area (Å²) in [5.41, 5.74) is 15.2. The van der Waals surface area contributed by atoms with Crippen molar-refractivity contribution in [2.45, 2.75) is 0 Å². The Balaban J connectivity index is 1.15. The zero-order chi connectivity index (χ0) is 37.7. The standard InChI is InChI=1S/C54H36N2O/c1-2-18-37(19-3-1)40-22-4-10-30-48(40)55(50-32-12-8-26-44(50)46-28-17-29-47-45-27-9-15-35-53(45)57-54(46)47)39-21-16-20-38(36-39)41-23-5-11-31-49(41)56-51-33-13-6-24-42(51)43-25-7-14-34-52(43)56/h1-36H. The van der Waals surface area contributed by atoms with E-state index in [1.807, 2.05) is 6.07 Å². The lowest BCUT2D eigenvalue weighted by Gasteiger charge is -2.30. The van der Waals surface area contributed by atoms with Gasteiger partial charge >= 0.3 is 0 Å². The second kappa shape index (κ2) is 13.6. The third kappa shape index (κ3) is 5.43. The van der Waals surface area contributed by atoms with Gasteiger partial charge in [0.25, 0.3) is 0 Å². The number of benzene rings is 9. The van der Waals surface area contributed by atoms with Crippen molar-refractivity contribution < 1.29 is 4.42 Å². The molecule has 268 valence electrons. The van der Waals surface area contributed by atoms with Gasteiger partial charge in [0, 0.05) is 49.5 Å². The summed E-state index contributed by atoms with van der Waals surface area (Å²) in [4.78, 5) is 2.42. The van der Waals surface area contributed by atoms with E-state index >= 15 is 0 Å². The van der Waals surface area contributed by atoms with Gasteiger partial charge in [-0.3, -0.25) is 0 Å². The third-order valence-electron chi connectivity index (χ3n) is 11.2. The SMILES string of the molecule is c1ccc(-c2ccccc2N(c2cccc(-c3ccccc3-n3c4ccccc4c4ccccc43)c2)c2ccccc2-c2cccc3c2oc2ccccc23)cc1. The van der Waals surface area contributed by atoms with Crippen molar-refractivity contribution in [2.24, 2.45) is 0 Å². The highest BCUT2D eigenvalue weighted by atomic mass is 16.3. The first kappa shape index (κ1) is 32.8. The van der Waals surface area contributed by atoms with Crippen molar-refractivity contribution in [3.8, 4) is 39.1 Å². The molecule has 0 N–H and O–H groups in total. The Bertz CT molecular complexity index is 3210. The molecule has 0 aliphatic rings. The molecule has 0 saturated carbocycles. The van der Waals surface area contributed by atoms with Gasteiger partial charge in [0.15, 0.2) is 0 Å². The molecule has 11 aromatic rings. The molecule has 0 aliphatic heterocycles. The Morgan fingerprint density at radius 2 is 0.877 bits per heavy atom. The van der Waals surface area contributed by atoms with Crippen LogP contribution in [0.5, 0.6) is 0 Å². The van der Waals surface area contributed by atoms with Crippen LogP contribution >= 0.6 is 0 Å². The Morgan fingerprint density at radius 3 is 1.65 bits per heavy atom. The molecule has 0 spiro atoms. The van der Waals surface area contributed by atoms with Crippen LogP contribution in [-0.2, 0) is 0 Å². The van der Waals surface area contributed by atoms with Gasteiger partial charge in [0.2, 0.25) is 0 Å². The van der Waals surface area contributed by atoms with Crippen molar-refractivity contribution in [3.63, 3.8) is 0 Å². The van der Waals surface area contributed by atoms with Crippen LogP contribution in [0.15, 0.2) is 223 Å². The van der Waals surface area contributed by atoms with Crippen molar-refractivity contribution >= 4 is 60.8 Å². The first-order chi connectivity index (χ1) is 28.3. The molecule has 2 aromatic heterocycles. The second-order valence-electron chi connectivity index (χ2n) is 14.5. The van der Waals surface area contributed by atoms with Crippen LogP contribution in [0.2, 0.25) is 0 Å². The van der Waals surface area contributed by atoms with Crippen LogP contribution in [-0.4, -0.2) is 4.57 Å². The largest absolute Gasteiger partial charge is 0.455 e. The van der Waals surface area contributed by atoms with Crippen LogP contribution in [0.3, 0.4) is 0 Å². The number of hydrogen-bond acceptors (Lipinski definition) is 2. The van der Waals surface area contributed by atoms with Crippen LogP contribution in [0.1, 0.15) is 0 Å². The first-order valence-corrected chi connectivity index (χ1v) is 19.4. The Kier molecular flexibility index (Phi) is 7.82. The molecule has 11 rings (SSSR count). The van der Waals surface area contributed by atoms with Crippen LogP contribution in [0, 0.1) is 0 Å². The smallest absolute Gasteiger partial charge is 0.143 e. The van der Waals surface area contributed by atoms with Gasteiger partial charge in [-0.15, -0.1) is 0 Å². The molecule has 0 amide bonds. The van der Waals surface area contributed by atoms with Crippen molar-refractivity contribution in [2.75, 3.05) is 4.90 Å². The third-order valence-corrected chi connectivity index (χ3v) is 11.2. The van der Waals surface area contributed by atoms with Gasteiger partial charge in [-0.05, 0) is 59.7 Å². The lowest BCUT2D eigenvalue weighted by molar-refractivity contribution is 0.670. The molecule has 57 heavy (non-hydrogen) atoms. The maximum absolute atomic E-state index is 6.64. The monoisotopic (exact) mass is 728 g/mol. The number of rotatable bonds is 7. The fourth-order valence-electron chi connectivity index (χ4n) is 8.70. The van der Waals surface area contributed by atoms with Gasteiger partial charge in [-0.25, -0.2) is 0 Å². The van der Waals surface area contributed by atoms with Crippen molar-refractivity contribution in [1.29, 1.82) is 0 Å².